The molecule has 1 aliphatic carbocycles. The molecule has 2 aliphatic rings. The summed E-state index contributed by atoms with van der Waals surface area (Å²) >= 11 is 0. The van der Waals surface area contributed by atoms with Gasteiger partial charge in [-0.1, -0.05) is 45.1 Å². The third-order valence-corrected chi connectivity index (χ3v) is 7.54. The fraction of sp³-hybridized carbons (Fsp3) is 0.567. The van der Waals surface area contributed by atoms with Crippen LogP contribution in [-0.2, 0) is 25.5 Å². The number of hydrogen-bond acceptors (Lipinski definition) is 10. The number of ether oxygens (including phenoxy) is 3. The summed E-state index contributed by atoms with van der Waals surface area (Å²) in [4.78, 5) is 50.3. The number of amides is 2. The molecule has 0 bridgehead atoms. The second-order valence-corrected chi connectivity index (χ2v) is 11.7. The van der Waals surface area contributed by atoms with Crippen LogP contribution in [0.2, 0.25) is 0 Å². The van der Waals surface area contributed by atoms with Crippen LogP contribution >= 0.6 is 0 Å². The SMILES string of the molecule is COC(=O)[C@@H]1C[C@@H](Oc2nc3ccccc3nc2C/C=C/CO)CN1C(=O)[C@@H](NC(=O)O[C@@H]1CCC[C@H]1O)C(C)(C)C. The minimum atomic E-state index is -1.03. The van der Waals surface area contributed by atoms with E-state index in [2.05, 4.69) is 15.3 Å². The van der Waals surface area contributed by atoms with Gasteiger partial charge in [-0.25, -0.2) is 19.6 Å². The number of nitrogens with zero attached hydrogens (tertiary/aromatic N) is 3. The van der Waals surface area contributed by atoms with Crippen LogP contribution in [0.5, 0.6) is 5.88 Å². The van der Waals surface area contributed by atoms with Crippen molar-refractivity contribution in [3.63, 3.8) is 0 Å². The molecule has 42 heavy (non-hydrogen) atoms. The number of fused-ring (bicyclic) bond motifs is 1. The molecule has 1 saturated carbocycles. The number of allylic oxidation sites excluding steroid dienone is 1. The Morgan fingerprint density at radius 2 is 1.86 bits per heavy atom. The summed E-state index contributed by atoms with van der Waals surface area (Å²) < 4.78 is 16.7. The van der Waals surface area contributed by atoms with E-state index in [-0.39, 0.29) is 25.5 Å². The first-order valence-electron chi connectivity index (χ1n) is 14.2. The first kappa shape index (κ1) is 31.2. The van der Waals surface area contributed by atoms with E-state index in [9.17, 15) is 19.5 Å². The van der Waals surface area contributed by atoms with Crippen LogP contribution in [0.25, 0.3) is 11.0 Å². The molecule has 1 aromatic heterocycles. The van der Waals surface area contributed by atoms with Gasteiger partial charge in [-0.3, -0.25) is 4.79 Å². The van der Waals surface area contributed by atoms with Crippen molar-refractivity contribution < 1.29 is 38.8 Å². The molecule has 1 aliphatic heterocycles. The van der Waals surface area contributed by atoms with Crippen LogP contribution in [0.3, 0.4) is 0 Å². The topological polar surface area (TPSA) is 160 Å². The molecule has 2 aromatic rings. The second kappa shape index (κ2) is 13.5. The Hall–Kier alpha value is -3.77. The zero-order valence-electron chi connectivity index (χ0n) is 24.5. The van der Waals surface area contributed by atoms with Gasteiger partial charge in [0.2, 0.25) is 11.8 Å². The smallest absolute Gasteiger partial charge is 0.408 e. The normalized spacial score (nSPS) is 23.2. The van der Waals surface area contributed by atoms with E-state index in [4.69, 9.17) is 19.3 Å². The predicted molar refractivity (Wildman–Crippen MR) is 153 cm³/mol. The quantitative estimate of drug-likeness (QED) is 0.295. The average Bonchev–Trinajstić information content (AvgIpc) is 3.56. The fourth-order valence-corrected chi connectivity index (χ4v) is 5.31. The number of hydrogen-bond donors (Lipinski definition) is 3. The van der Waals surface area contributed by atoms with Crippen LogP contribution in [0.1, 0.15) is 52.1 Å². The lowest BCUT2D eigenvalue weighted by molar-refractivity contribution is -0.152. The molecule has 2 fully saturated rings. The highest BCUT2D eigenvalue weighted by Gasteiger charge is 2.47. The first-order valence-corrected chi connectivity index (χ1v) is 14.2. The van der Waals surface area contributed by atoms with Gasteiger partial charge < -0.3 is 34.6 Å². The van der Waals surface area contributed by atoms with Gasteiger partial charge >= 0.3 is 12.1 Å². The summed E-state index contributed by atoms with van der Waals surface area (Å²) in [7, 11) is 1.25. The molecule has 0 spiro atoms. The summed E-state index contributed by atoms with van der Waals surface area (Å²) in [5.74, 6) is -0.818. The largest absolute Gasteiger partial charge is 0.471 e. The van der Waals surface area contributed by atoms with Crippen LogP contribution in [0, 0.1) is 5.41 Å². The zero-order valence-corrected chi connectivity index (χ0v) is 24.5. The van der Waals surface area contributed by atoms with Gasteiger partial charge in [0, 0.05) is 12.8 Å². The Kier molecular flexibility index (Phi) is 10.00. The highest BCUT2D eigenvalue weighted by Crippen LogP contribution is 2.30. The number of benzene rings is 1. The number of aromatic nitrogens is 2. The number of carbonyl (C=O) groups excluding carboxylic acids is 3. The van der Waals surface area contributed by atoms with Crippen molar-refractivity contribution in [3.05, 3.63) is 42.1 Å². The van der Waals surface area contributed by atoms with E-state index in [1.54, 1.807) is 32.9 Å². The van der Waals surface area contributed by atoms with Crippen molar-refractivity contribution in [2.24, 2.45) is 5.41 Å². The molecule has 12 heteroatoms. The third kappa shape index (κ3) is 7.35. The van der Waals surface area contributed by atoms with E-state index >= 15 is 0 Å². The molecule has 3 N–H and O–H groups in total. The third-order valence-electron chi connectivity index (χ3n) is 7.54. The van der Waals surface area contributed by atoms with Crippen LogP contribution in [-0.4, -0.2) is 93.7 Å². The Bertz CT molecular complexity index is 1310. The molecular weight excluding hydrogens is 544 g/mol. The molecule has 0 radical (unpaired) electrons. The maximum Gasteiger partial charge on any atom is 0.408 e. The van der Waals surface area contributed by atoms with Crippen molar-refractivity contribution in [1.82, 2.24) is 20.2 Å². The molecule has 0 unspecified atom stereocenters. The van der Waals surface area contributed by atoms with E-state index in [0.29, 0.717) is 36.0 Å². The molecular formula is C30H40N4O8. The average molecular weight is 585 g/mol. The maximum absolute atomic E-state index is 14.0. The maximum atomic E-state index is 14.0. The minimum absolute atomic E-state index is 0.0453. The number of likely N-dealkylation sites (tertiary alicyclic amines) is 1. The molecule has 1 saturated heterocycles. The van der Waals surface area contributed by atoms with Gasteiger partial charge in [-0.2, -0.15) is 0 Å². The van der Waals surface area contributed by atoms with Crippen molar-refractivity contribution >= 4 is 29.0 Å². The van der Waals surface area contributed by atoms with Crippen molar-refractivity contribution in [3.8, 4) is 5.88 Å². The standard InChI is InChI=1S/C30H40N4O8/c1-30(2,3)25(33-29(39)42-24-14-9-13-23(24)36)27(37)34-17-18(16-22(34)28(38)40-4)41-26-21(12-7-8-15-35)31-19-10-5-6-11-20(19)32-26/h5-8,10-11,18,22-25,35-36H,9,12-17H2,1-4H3,(H,33,39)/b8-7+/t18-,22+,23-,24-,25-/m1/s1. The molecule has 2 amide bonds. The lowest BCUT2D eigenvalue weighted by Gasteiger charge is -2.35. The Labute approximate surface area is 245 Å². The van der Waals surface area contributed by atoms with E-state index in [1.807, 2.05) is 24.3 Å². The molecule has 5 atom stereocenters. The monoisotopic (exact) mass is 584 g/mol. The number of para-hydroxylation sites is 2. The Morgan fingerprint density at radius 3 is 2.48 bits per heavy atom. The van der Waals surface area contributed by atoms with Gasteiger partial charge in [0.1, 0.15) is 30.0 Å². The fourth-order valence-electron chi connectivity index (χ4n) is 5.31. The Morgan fingerprint density at radius 1 is 1.14 bits per heavy atom. The van der Waals surface area contributed by atoms with Crippen molar-refractivity contribution in [1.29, 1.82) is 0 Å². The van der Waals surface area contributed by atoms with Gasteiger partial charge in [0.15, 0.2) is 0 Å². The number of methoxy groups -OCH3 is 1. The van der Waals surface area contributed by atoms with Crippen LogP contribution in [0.4, 0.5) is 4.79 Å². The Balaban J connectivity index is 1.56. The number of alkyl carbamates (subject to hydrolysis) is 1. The minimum Gasteiger partial charge on any atom is -0.471 e. The first-order chi connectivity index (χ1) is 20.0. The van der Waals surface area contributed by atoms with E-state index in [0.717, 1.165) is 6.42 Å². The number of nitrogens with one attached hydrogen (secondary N) is 1. The molecule has 228 valence electrons. The van der Waals surface area contributed by atoms with E-state index in [1.165, 1.54) is 12.0 Å². The van der Waals surface area contributed by atoms with Gasteiger partial charge in [-0.05, 0) is 36.8 Å². The van der Waals surface area contributed by atoms with Gasteiger partial charge in [0.25, 0.3) is 0 Å². The highest BCUT2D eigenvalue weighted by molar-refractivity contribution is 5.91. The van der Waals surface area contributed by atoms with Crippen LogP contribution in [0.15, 0.2) is 36.4 Å². The summed E-state index contributed by atoms with van der Waals surface area (Å²) in [5.41, 5.74) is 1.12. The summed E-state index contributed by atoms with van der Waals surface area (Å²) in [5, 5.41) is 21.9. The molecule has 12 nitrogen and oxygen atoms in total. The second-order valence-electron chi connectivity index (χ2n) is 11.7. The van der Waals surface area contributed by atoms with Crippen molar-refractivity contribution in [2.45, 2.75) is 83.3 Å². The number of carbonyl (C=O) groups is 3. The highest BCUT2D eigenvalue weighted by atomic mass is 16.6. The number of rotatable bonds is 9. The number of aliphatic hydroxyl groups excluding tert-OH is 2. The summed E-state index contributed by atoms with van der Waals surface area (Å²) in [6.45, 7) is 5.33. The zero-order chi connectivity index (χ0) is 30.4. The number of aliphatic hydroxyl groups is 2. The van der Waals surface area contributed by atoms with Crippen LogP contribution < -0.4 is 10.1 Å². The lowest BCUT2D eigenvalue weighted by atomic mass is 9.85. The number of esters is 1. The molecule has 1 aromatic carbocycles. The predicted octanol–water partition coefficient (Wildman–Crippen LogP) is 2.30. The van der Waals surface area contributed by atoms with Gasteiger partial charge in [-0.15, -0.1) is 0 Å². The van der Waals surface area contributed by atoms with Gasteiger partial charge in [0.05, 0.1) is 37.4 Å². The van der Waals surface area contributed by atoms with E-state index < -0.39 is 53.8 Å². The lowest BCUT2D eigenvalue weighted by Crippen LogP contribution is -2.57. The van der Waals surface area contributed by atoms with Crippen molar-refractivity contribution in [2.75, 3.05) is 20.3 Å². The molecule has 4 rings (SSSR count). The summed E-state index contributed by atoms with van der Waals surface area (Å²) in [6, 6.07) is 5.37. The summed E-state index contributed by atoms with van der Waals surface area (Å²) in [6.07, 6.45) is 2.93. The molecule has 2 heterocycles.